The minimum Gasteiger partial charge on any atom is -0.302 e. The highest BCUT2D eigenvalue weighted by Gasteiger charge is 2.25. The molecule has 7 nitrogen and oxygen atoms in total. The lowest BCUT2D eigenvalue weighted by Gasteiger charge is -2.25. The lowest BCUT2D eigenvalue weighted by molar-refractivity contribution is 0.0983. The van der Waals surface area contributed by atoms with Crippen molar-refractivity contribution in [2.45, 2.75) is 39.5 Å². The van der Waals surface area contributed by atoms with Gasteiger partial charge in [0.25, 0.3) is 5.91 Å². The van der Waals surface area contributed by atoms with E-state index in [-0.39, 0.29) is 10.8 Å². The van der Waals surface area contributed by atoms with Gasteiger partial charge in [0.05, 0.1) is 15.1 Å². The summed E-state index contributed by atoms with van der Waals surface area (Å²) in [4.78, 5) is 22.6. The number of sulfonamides is 1. The Morgan fingerprint density at radius 1 is 0.912 bits per heavy atom. The molecule has 0 saturated heterocycles. The molecule has 9 heteroatoms. The van der Waals surface area contributed by atoms with Gasteiger partial charge >= 0.3 is 0 Å². The zero-order valence-electron chi connectivity index (χ0n) is 20.6. The minimum atomic E-state index is -3.57. The molecule has 3 rings (SSSR count). The summed E-state index contributed by atoms with van der Waals surface area (Å²) in [5.41, 5.74) is 2.42. The summed E-state index contributed by atoms with van der Waals surface area (Å²) in [7, 11) is -3.57. The molecular weight excluding hydrogens is 468 g/mol. The molecule has 0 saturated carbocycles. The molecule has 1 amide bonds. The van der Waals surface area contributed by atoms with Crippen LogP contribution in [0.3, 0.4) is 0 Å². The number of para-hydroxylation sites is 1. The van der Waals surface area contributed by atoms with E-state index in [1.165, 1.54) is 27.8 Å². The fourth-order valence-electron chi connectivity index (χ4n) is 3.89. The fourth-order valence-corrected chi connectivity index (χ4v) is 6.42. The smallest absolute Gasteiger partial charge is 0.260 e. The van der Waals surface area contributed by atoms with Crippen molar-refractivity contribution in [1.82, 2.24) is 14.2 Å². The highest BCUT2D eigenvalue weighted by Crippen LogP contribution is 2.31. The molecule has 3 aromatic rings. The number of carbonyl (C=O) groups excluding carboxylic acids is 1. The van der Waals surface area contributed by atoms with E-state index in [1.807, 2.05) is 39.0 Å². The van der Waals surface area contributed by atoms with Crippen molar-refractivity contribution < 1.29 is 13.2 Å². The first-order chi connectivity index (χ1) is 16.3. The summed E-state index contributed by atoms with van der Waals surface area (Å²) in [6.45, 7) is 13.7. The van der Waals surface area contributed by atoms with Crippen molar-refractivity contribution in [3.63, 3.8) is 0 Å². The van der Waals surface area contributed by atoms with Gasteiger partial charge in [-0.1, -0.05) is 51.2 Å². The second kappa shape index (κ2) is 11.4. The molecule has 0 N–H and O–H groups in total. The molecule has 0 fully saturated rings. The first-order valence-electron chi connectivity index (χ1n) is 11.8. The standard InChI is InChI=1S/C25H34N4O3S2/c1-6-27(7-2)17-18-29(25-26-23-19(5)11-10-12-22(23)33-25)24(30)20-13-15-21(16-14-20)34(31,32)28(8-3)9-4/h10-16H,6-9,17-18H2,1-5H3. The van der Waals surface area contributed by atoms with Gasteiger partial charge < -0.3 is 4.90 Å². The van der Waals surface area contributed by atoms with Gasteiger partial charge in [0.15, 0.2) is 5.13 Å². The number of hydrogen-bond acceptors (Lipinski definition) is 6. The first kappa shape index (κ1) is 26.3. The van der Waals surface area contributed by atoms with E-state index in [0.29, 0.717) is 30.3 Å². The molecule has 0 spiro atoms. The number of hydrogen-bond donors (Lipinski definition) is 0. The molecule has 0 atom stereocenters. The topological polar surface area (TPSA) is 73.8 Å². The number of anilines is 1. The van der Waals surface area contributed by atoms with Gasteiger partial charge in [-0.15, -0.1) is 0 Å². The van der Waals surface area contributed by atoms with Crippen molar-refractivity contribution in [1.29, 1.82) is 0 Å². The van der Waals surface area contributed by atoms with Crippen LogP contribution in [0.25, 0.3) is 10.2 Å². The molecule has 0 aliphatic heterocycles. The van der Waals surface area contributed by atoms with Gasteiger partial charge in [-0.05, 0) is 55.9 Å². The first-order valence-corrected chi connectivity index (χ1v) is 14.0. The van der Waals surface area contributed by atoms with E-state index in [4.69, 9.17) is 4.98 Å². The second-order valence-corrected chi connectivity index (χ2v) is 11.0. The molecule has 184 valence electrons. The van der Waals surface area contributed by atoms with Gasteiger partial charge in [-0.3, -0.25) is 9.69 Å². The van der Waals surface area contributed by atoms with E-state index in [9.17, 15) is 13.2 Å². The van der Waals surface area contributed by atoms with Gasteiger partial charge in [-0.2, -0.15) is 4.31 Å². The predicted octanol–water partition coefficient (Wildman–Crippen LogP) is 4.62. The van der Waals surface area contributed by atoms with Crippen molar-refractivity contribution in [2.24, 2.45) is 0 Å². The average Bonchev–Trinajstić information content (AvgIpc) is 3.27. The van der Waals surface area contributed by atoms with Crippen LogP contribution < -0.4 is 4.90 Å². The number of aryl methyl sites for hydroxylation is 1. The monoisotopic (exact) mass is 502 g/mol. The molecule has 34 heavy (non-hydrogen) atoms. The highest BCUT2D eigenvalue weighted by molar-refractivity contribution is 7.89. The summed E-state index contributed by atoms with van der Waals surface area (Å²) in [6.07, 6.45) is 0. The van der Waals surface area contributed by atoms with E-state index in [0.717, 1.165) is 35.4 Å². The zero-order chi connectivity index (χ0) is 24.9. The van der Waals surface area contributed by atoms with Gasteiger partial charge in [0.1, 0.15) is 0 Å². The van der Waals surface area contributed by atoms with Gasteiger partial charge in [0.2, 0.25) is 10.0 Å². The van der Waals surface area contributed by atoms with Crippen LogP contribution in [0.4, 0.5) is 5.13 Å². The molecule has 0 radical (unpaired) electrons. The Morgan fingerprint density at radius 3 is 2.12 bits per heavy atom. The van der Waals surface area contributed by atoms with Crippen LogP contribution in [0, 0.1) is 6.92 Å². The number of rotatable bonds is 11. The number of nitrogens with zero attached hydrogens (tertiary/aromatic N) is 4. The number of fused-ring (bicyclic) bond motifs is 1. The molecule has 0 unspecified atom stereocenters. The van der Waals surface area contributed by atoms with Crippen LogP contribution in [-0.2, 0) is 10.0 Å². The predicted molar refractivity (Wildman–Crippen MR) is 140 cm³/mol. The Kier molecular flexibility index (Phi) is 8.81. The quantitative estimate of drug-likeness (QED) is 0.382. The summed E-state index contributed by atoms with van der Waals surface area (Å²) in [5.74, 6) is -0.185. The third-order valence-corrected chi connectivity index (χ3v) is 9.17. The summed E-state index contributed by atoms with van der Waals surface area (Å²) < 4.78 is 28.1. The number of benzene rings is 2. The second-order valence-electron chi connectivity index (χ2n) is 8.02. The van der Waals surface area contributed by atoms with E-state index < -0.39 is 10.0 Å². The Morgan fingerprint density at radius 2 is 1.56 bits per heavy atom. The molecule has 0 aliphatic rings. The molecule has 1 heterocycles. The van der Waals surface area contributed by atoms with Crippen molar-refractivity contribution >= 4 is 42.6 Å². The van der Waals surface area contributed by atoms with Crippen LogP contribution >= 0.6 is 11.3 Å². The highest BCUT2D eigenvalue weighted by atomic mass is 32.2. The van der Waals surface area contributed by atoms with Crippen LogP contribution in [0.15, 0.2) is 47.4 Å². The van der Waals surface area contributed by atoms with Crippen molar-refractivity contribution in [3.05, 3.63) is 53.6 Å². The Bertz CT molecular complexity index is 1210. The Hall–Kier alpha value is -2.33. The molecule has 0 aliphatic carbocycles. The number of amides is 1. The fraction of sp³-hybridized carbons (Fsp3) is 0.440. The molecule has 2 aromatic carbocycles. The summed E-state index contributed by atoms with van der Waals surface area (Å²) in [5, 5.41) is 0.654. The van der Waals surface area contributed by atoms with Crippen LogP contribution in [0.5, 0.6) is 0 Å². The largest absolute Gasteiger partial charge is 0.302 e. The Balaban J connectivity index is 1.95. The number of thiazole rings is 1. The van der Waals surface area contributed by atoms with Crippen LogP contribution in [0.2, 0.25) is 0 Å². The number of aromatic nitrogens is 1. The molecular formula is C25H34N4O3S2. The maximum Gasteiger partial charge on any atom is 0.260 e. The molecule has 1 aromatic heterocycles. The maximum atomic E-state index is 13.6. The normalized spacial score (nSPS) is 12.1. The van der Waals surface area contributed by atoms with Crippen LogP contribution in [0.1, 0.15) is 43.6 Å². The van der Waals surface area contributed by atoms with Gasteiger partial charge in [-0.25, -0.2) is 13.4 Å². The van der Waals surface area contributed by atoms with Crippen molar-refractivity contribution in [3.8, 4) is 0 Å². The maximum absolute atomic E-state index is 13.6. The number of likely N-dealkylation sites (N-methyl/N-ethyl adjacent to an activating group) is 1. The third kappa shape index (κ3) is 5.49. The van der Waals surface area contributed by atoms with Crippen LogP contribution in [-0.4, -0.2) is 67.8 Å². The SMILES string of the molecule is CCN(CC)CCN(C(=O)c1ccc(S(=O)(=O)N(CC)CC)cc1)c1nc2c(C)cccc2s1. The van der Waals surface area contributed by atoms with E-state index in [2.05, 4.69) is 18.7 Å². The summed E-state index contributed by atoms with van der Waals surface area (Å²) >= 11 is 1.50. The molecule has 0 bridgehead atoms. The van der Waals surface area contributed by atoms with E-state index >= 15 is 0 Å². The van der Waals surface area contributed by atoms with Crippen molar-refractivity contribution in [2.75, 3.05) is 44.2 Å². The van der Waals surface area contributed by atoms with E-state index in [1.54, 1.807) is 17.0 Å². The third-order valence-electron chi connectivity index (χ3n) is 6.06. The Labute approximate surface area is 207 Å². The summed E-state index contributed by atoms with van der Waals surface area (Å²) in [6, 6.07) is 12.3. The minimum absolute atomic E-state index is 0.185. The lowest BCUT2D eigenvalue weighted by atomic mass is 10.2. The van der Waals surface area contributed by atoms with Gasteiger partial charge in [0, 0.05) is 31.7 Å². The zero-order valence-corrected chi connectivity index (χ0v) is 22.2. The number of carbonyl (C=O) groups is 1. The average molecular weight is 503 g/mol. The lowest BCUT2D eigenvalue weighted by Crippen LogP contribution is -2.39.